The maximum Gasteiger partial charge on any atom is 0.233 e. The van der Waals surface area contributed by atoms with Crippen LogP contribution in [0.25, 0.3) is 0 Å². The molecule has 0 aromatic carbocycles. The zero-order valence-corrected chi connectivity index (χ0v) is 21.3. The smallest absolute Gasteiger partial charge is 0.233 e. The van der Waals surface area contributed by atoms with Crippen LogP contribution in [0.4, 0.5) is 5.95 Å². The van der Waals surface area contributed by atoms with E-state index in [0.29, 0.717) is 6.10 Å². The van der Waals surface area contributed by atoms with Crippen molar-refractivity contribution >= 4 is 21.9 Å². The van der Waals surface area contributed by atoms with Crippen LogP contribution < -0.4 is 9.64 Å². The first-order chi connectivity index (χ1) is 14.6. The van der Waals surface area contributed by atoms with E-state index in [1.54, 1.807) is 0 Å². The van der Waals surface area contributed by atoms with Crippen LogP contribution in [0.3, 0.4) is 0 Å². The highest BCUT2D eigenvalue weighted by molar-refractivity contribution is 9.10. The Labute approximate surface area is 193 Å². The first-order valence-corrected chi connectivity index (χ1v) is 13.3. The second kappa shape index (κ2) is 15.0. The van der Waals surface area contributed by atoms with Gasteiger partial charge in [-0.2, -0.15) is 4.98 Å². The van der Waals surface area contributed by atoms with Crippen LogP contribution in [-0.2, 0) is 6.42 Å². The summed E-state index contributed by atoms with van der Waals surface area (Å²) in [6.45, 7) is 2.29. The van der Waals surface area contributed by atoms with Crippen molar-refractivity contribution in [3.8, 4) is 5.88 Å². The Balaban J connectivity index is 1.61. The van der Waals surface area contributed by atoms with Crippen molar-refractivity contribution in [3.63, 3.8) is 0 Å². The number of aromatic nitrogens is 2. The average Bonchev–Trinajstić information content (AvgIpc) is 2.70. The van der Waals surface area contributed by atoms with Crippen LogP contribution in [-0.4, -0.2) is 30.2 Å². The van der Waals surface area contributed by atoms with Crippen molar-refractivity contribution in [2.45, 2.75) is 122 Å². The number of hydrogen-bond acceptors (Lipinski definition) is 4. The molecule has 172 valence electrons. The summed E-state index contributed by atoms with van der Waals surface area (Å²) in [7, 11) is 3.98. The molecule has 0 atom stereocenters. The molecule has 0 radical (unpaired) electrons. The van der Waals surface area contributed by atoms with E-state index in [2.05, 4.69) is 27.8 Å². The molecule has 1 aromatic rings. The average molecular weight is 483 g/mol. The second-order valence-electron chi connectivity index (χ2n) is 9.15. The molecular weight excluding hydrogens is 438 g/mol. The SMILES string of the molecule is CCCCCCCCCCCCCCCc1nc(N(C)C)nc(OC2CCC2)c1Br. The Bertz CT molecular complexity index is 590. The van der Waals surface area contributed by atoms with Gasteiger partial charge in [0.1, 0.15) is 10.6 Å². The number of rotatable bonds is 17. The fraction of sp³-hybridized carbons (Fsp3) is 0.840. The van der Waals surface area contributed by atoms with Crippen molar-refractivity contribution in [1.29, 1.82) is 0 Å². The molecule has 0 unspecified atom stereocenters. The summed E-state index contributed by atoms with van der Waals surface area (Å²) in [4.78, 5) is 11.3. The van der Waals surface area contributed by atoms with E-state index >= 15 is 0 Å². The van der Waals surface area contributed by atoms with Crippen LogP contribution in [0.5, 0.6) is 5.88 Å². The minimum atomic E-state index is 0.329. The molecule has 0 saturated heterocycles. The molecule has 0 bridgehead atoms. The van der Waals surface area contributed by atoms with Crippen LogP contribution in [0.2, 0.25) is 0 Å². The van der Waals surface area contributed by atoms with E-state index in [1.165, 1.54) is 89.9 Å². The van der Waals surface area contributed by atoms with E-state index in [-0.39, 0.29) is 0 Å². The lowest BCUT2D eigenvalue weighted by atomic mass is 9.96. The van der Waals surface area contributed by atoms with Crippen LogP contribution >= 0.6 is 15.9 Å². The number of nitrogens with zero attached hydrogens (tertiary/aromatic N) is 3. The molecule has 0 N–H and O–H groups in total. The van der Waals surface area contributed by atoms with Crippen molar-refractivity contribution in [1.82, 2.24) is 9.97 Å². The van der Waals surface area contributed by atoms with Crippen LogP contribution in [0, 0.1) is 0 Å². The third kappa shape index (κ3) is 9.53. The summed E-state index contributed by atoms with van der Waals surface area (Å²) in [5, 5.41) is 0. The van der Waals surface area contributed by atoms with E-state index in [4.69, 9.17) is 9.72 Å². The van der Waals surface area contributed by atoms with Gasteiger partial charge in [-0.05, 0) is 48.0 Å². The Hall–Kier alpha value is -0.840. The van der Waals surface area contributed by atoms with Gasteiger partial charge >= 0.3 is 0 Å². The third-order valence-corrected chi connectivity index (χ3v) is 6.92. The lowest BCUT2D eigenvalue weighted by molar-refractivity contribution is 0.113. The van der Waals surface area contributed by atoms with Gasteiger partial charge < -0.3 is 9.64 Å². The number of unbranched alkanes of at least 4 members (excludes halogenated alkanes) is 12. The van der Waals surface area contributed by atoms with Gasteiger partial charge in [-0.3, -0.25) is 0 Å². The minimum absolute atomic E-state index is 0.329. The number of anilines is 1. The first-order valence-electron chi connectivity index (χ1n) is 12.5. The molecule has 0 spiro atoms. The predicted octanol–water partition coefficient (Wildman–Crippen LogP) is 7.87. The molecule has 1 saturated carbocycles. The Morgan fingerprint density at radius 2 is 1.37 bits per heavy atom. The molecule has 1 aromatic heterocycles. The van der Waals surface area contributed by atoms with Crippen molar-refractivity contribution in [2.75, 3.05) is 19.0 Å². The van der Waals surface area contributed by atoms with Gasteiger partial charge in [-0.1, -0.05) is 84.0 Å². The largest absolute Gasteiger partial charge is 0.473 e. The maximum absolute atomic E-state index is 6.11. The van der Waals surface area contributed by atoms with E-state index < -0.39 is 0 Å². The highest BCUT2D eigenvalue weighted by Crippen LogP contribution is 2.33. The third-order valence-electron chi connectivity index (χ3n) is 6.13. The fourth-order valence-corrected chi connectivity index (χ4v) is 4.33. The summed E-state index contributed by atoms with van der Waals surface area (Å²) in [6.07, 6.45) is 22.8. The number of halogens is 1. The molecule has 4 nitrogen and oxygen atoms in total. The molecule has 5 heteroatoms. The Kier molecular flexibility index (Phi) is 12.7. The topological polar surface area (TPSA) is 38.2 Å². The number of aryl methyl sites for hydroxylation is 1. The van der Waals surface area contributed by atoms with E-state index in [0.717, 1.165) is 41.3 Å². The molecule has 1 aliphatic rings. The van der Waals surface area contributed by atoms with Crippen molar-refractivity contribution < 1.29 is 4.74 Å². The van der Waals surface area contributed by atoms with Gasteiger partial charge in [-0.15, -0.1) is 0 Å². The number of hydrogen-bond donors (Lipinski definition) is 0. The summed E-state index contributed by atoms with van der Waals surface area (Å²) in [5.74, 6) is 1.47. The highest BCUT2D eigenvalue weighted by atomic mass is 79.9. The quantitative estimate of drug-likeness (QED) is 0.212. The van der Waals surface area contributed by atoms with Crippen molar-refractivity contribution in [2.24, 2.45) is 0 Å². The summed E-state index contributed by atoms with van der Waals surface area (Å²) >= 11 is 3.72. The zero-order chi connectivity index (χ0) is 21.6. The standard InChI is InChI=1S/C25H44BrN3O/c1-4-5-6-7-8-9-10-11-12-13-14-15-16-20-22-23(26)24(30-21-18-17-19-21)28-25(27-22)29(2)3/h21H,4-20H2,1-3H3. The molecule has 2 rings (SSSR count). The first kappa shape index (κ1) is 25.4. The van der Waals surface area contributed by atoms with E-state index in [9.17, 15) is 0 Å². The molecule has 1 fully saturated rings. The molecule has 0 amide bonds. The zero-order valence-electron chi connectivity index (χ0n) is 19.7. The van der Waals surface area contributed by atoms with Gasteiger partial charge in [0.25, 0.3) is 0 Å². The van der Waals surface area contributed by atoms with Crippen LogP contribution in [0.15, 0.2) is 4.47 Å². The molecule has 1 aliphatic carbocycles. The van der Waals surface area contributed by atoms with Crippen LogP contribution in [0.1, 0.15) is 115 Å². The lowest BCUT2D eigenvalue weighted by Gasteiger charge is -2.27. The minimum Gasteiger partial charge on any atom is -0.473 e. The summed E-state index contributed by atoms with van der Waals surface area (Å²) in [6, 6.07) is 0. The fourth-order valence-electron chi connectivity index (χ4n) is 3.86. The normalized spacial score (nSPS) is 14.0. The monoisotopic (exact) mass is 481 g/mol. The summed E-state index contributed by atoms with van der Waals surface area (Å²) < 4.78 is 7.06. The van der Waals surface area contributed by atoms with Gasteiger partial charge in [0.05, 0.1) is 5.69 Å². The Morgan fingerprint density at radius 1 is 0.833 bits per heavy atom. The number of ether oxygens (including phenoxy) is 1. The van der Waals surface area contributed by atoms with E-state index in [1.807, 2.05) is 19.0 Å². The van der Waals surface area contributed by atoms with Gasteiger partial charge in [0.15, 0.2) is 0 Å². The highest BCUT2D eigenvalue weighted by Gasteiger charge is 2.23. The second-order valence-corrected chi connectivity index (χ2v) is 9.94. The maximum atomic E-state index is 6.11. The molecule has 1 heterocycles. The van der Waals surface area contributed by atoms with Crippen molar-refractivity contribution in [3.05, 3.63) is 10.2 Å². The lowest BCUT2D eigenvalue weighted by Crippen LogP contribution is -2.26. The molecule has 30 heavy (non-hydrogen) atoms. The predicted molar refractivity (Wildman–Crippen MR) is 132 cm³/mol. The van der Waals surface area contributed by atoms with Gasteiger partial charge in [-0.25, -0.2) is 4.98 Å². The van der Waals surface area contributed by atoms with Gasteiger partial charge in [0.2, 0.25) is 11.8 Å². The Morgan fingerprint density at radius 3 is 1.83 bits per heavy atom. The molecule has 0 aliphatic heterocycles. The van der Waals surface area contributed by atoms with Gasteiger partial charge in [0, 0.05) is 14.1 Å². The summed E-state index contributed by atoms with van der Waals surface area (Å²) in [5.41, 5.74) is 1.09. The molecular formula is C25H44BrN3O.